The van der Waals surface area contributed by atoms with Crippen LogP contribution >= 0.6 is 0 Å². The van der Waals surface area contributed by atoms with Crippen LogP contribution in [0.4, 0.5) is 4.39 Å². The second kappa shape index (κ2) is 6.64. The topological polar surface area (TPSA) is 129 Å². The average Bonchev–Trinajstić information content (AvgIpc) is 2.33. The van der Waals surface area contributed by atoms with Crippen LogP contribution in [0.25, 0.3) is 0 Å². The Bertz CT molecular complexity index is 660. The summed E-state index contributed by atoms with van der Waals surface area (Å²) in [5.74, 6) is -3.06. The molecule has 0 saturated heterocycles. The van der Waals surface area contributed by atoms with Crippen molar-refractivity contribution in [3.05, 3.63) is 29.6 Å². The van der Waals surface area contributed by atoms with Gasteiger partial charge in [0.25, 0.3) is 0 Å². The molecule has 21 heavy (non-hydrogen) atoms. The van der Waals surface area contributed by atoms with E-state index < -0.39 is 33.8 Å². The minimum Gasteiger partial charge on any atom is -0.548 e. The fraction of sp³-hybridized carbons (Fsp3) is 0.333. The summed E-state index contributed by atoms with van der Waals surface area (Å²) in [5, 5.41) is 10.9. The second-order valence-corrected chi connectivity index (χ2v) is 6.09. The van der Waals surface area contributed by atoms with Gasteiger partial charge in [-0.05, 0) is 37.1 Å². The minimum atomic E-state index is -4.19. The van der Waals surface area contributed by atoms with Crippen LogP contribution in [0.2, 0.25) is 0 Å². The van der Waals surface area contributed by atoms with Crippen molar-refractivity contribution in [2.75, 3.05) is 0 Å². The van der Waals surface area contributed by atoms with Crippen molar-refractivity contribution in [1.29, 1.82) is 0 Å². The number of rotatable bonds is 7. The normalized spacial score (nSPS) is 12.9. The Kier molecular flexibility index (Phi) is 5.39. The largest absolute Gasteiger partial charge is 0.548 e. The third-order valence-electron chi connectivity index (χ3n) is 2.69. The molecule has 0 heterocycles. The van der Waals surface area contributed by atoms with Gasteiger partial charge in [0.1, 0.15) is 5.82 Å². The number of benzene rings is 1. The Morgan fingerprint density at radius 2 is 2.05 bits per heavy atom. The molecule has 7 nitrogen and oxygen atoms in total. The van der Waals surface area contributed by atoms with Crippen LogP contribution in [-0.4, -0.2) is 26.3 Å². The van der Waals surface area contributed by atoms with E-state index in [9.17, 15) is 27.5 Å². The first kappa shape index (κ1) is 17.1. The van der Waals surface area contributed by atoms with Gasteiger partial charge in [0.15, 0.2) is 0 Å². The number of amides is 1. The zero-order valence-corrected chi connectivity index (χ0v) is 11.9. The fourth-order valence-electron chi connectivity index (χ4n) is 1.68. The molecule has 1 amide bonds. The van der Waals surface area contributed by atoms with Crippen LogP contribution in [0, 0.1) is 12.7 Å². The summed E-state index contributed by atoms with van der Waals surface area (Å²) in [6.45, 7) is 1.37. The highest BCUT2D eigenvalue weighted by molar-refractivity contribution is 7.89. The Morgan fingerprint density at radius 1 is 1.43 bits per heavy atom. The average molecular weight is 317 g/mol. The van der Waals surface area contributed by atoms with Crippen LogP contribution < -0.4 is 15.6 Å². The van der Waals surface area contributed by atoms with Gasteiger partial charge in [0, 0.05) is 6.42 Å². The number of aryl methyl sites for hydroxylation is 1. The highest BCUT2D eigenvalue weighted by Gasteiger charge is 2.23. The summed E-state index contributed by atoms with van der Waals surface area (Å²) in [6.07, 6.45) is -0.652. The van der Waals surface area contributed by atoms with E-state index >= 15 is 0 Å². The molecule has 0 aliphatic heterocycles. The van der Waals surface area contributed by atoms with Crippen LogP contribution in [0.5, 0.6) is 0 Å². The number of carbonyl (C=O) groups is 2. The molecule has 0 aromatic heterocycles. The van der Waals surface area contributed by atoms with Gasteiger partial charge in [-0.1, -0.05) is 0 Å². The van der Waals surface area contributed by atoms with Gasteiger partial charge in [-0.15, -0.1) is 0 Å². The van der Waals surface area contributed by atoms with E-state index in [2.05, 4.69) is 0 Å². The molecule has 0 saturated carbocycles. The number of halogens is 1. The number of carboxylic acid groups (broad SMARTS) is 1. The number of aliphatic carboxylic acids is 1. The number of hydrogen-bond acceptors (Lipinski definition) is 5. The number of hydrogen-bond donors (Lipinski definition) is 2. The van der Waals surface area contributed by atoms with E-state index in [4.69, 9.17) is 5.73 Å². The smallest absolute Gasteiger partial charge is 0.241 e. The third kappa shape index (κ3) is 4.80. The fourth-order valence-corrected chi connectivity index (χ4v) is 3.12. The SMILES string of the molecule is Cc1cc(F)ccc1S(=O)(=O)N[C@@H](CCC(N)=O)C(=O)[O-]. The van der Waals surface area contributed by atoms with Crippen molar-refractivity contribution in [2.45, 2.75) is 30.7 Å². The van der Waals surface area contributed by atoms with Gasteiger partial charge in [0.05, 0.1) is 16.9 Å². The Morgan fingerprint density at radius 3 is 2.52 bits per heavy atom. The molecule has 1 rings (SSSR count). The van der Waals surface area contributed by atoms with Crippen molar-refractivity contribution < 1.29 is 27.5 Å². The molecular formula is C12H14FN2O5S-. The molecule has 0 aliphatic rings. The standard InChI is InChI=1S/C12H15FN2O5S/c1-7-6-8(13)2-4-10(7)21(19,20)15-9(12(17)18)3-5-11(14)16/h2,4,6,9,15H,3,5H2,1H3,(H2,14,16)(H,17,18)/p-1/t9-/m0/s1. The second-order valence-electron chi connectivity index (χ2n) is 4.41. The summed E-state index contributed by atoms with van der Waals surface area (Å²) in [5.41, 5.74) is 5.01. The zero-order valence-electron chi connectivity index (χ0n) is 11.1. The maximum absolute atomic E-state index is 13.0. The molecular weight excluding hydrogens is 303 g/mol. The van der Waals surface area contributed by atoms with E-state index in [0.29, 0.717) is 0 Å². The van der Waals surface area contributed by atoms with Crippen LogP contribution in [-0.2, 0) is 19.6 Å². The van der Waals surface area contributed by atoms with Crippen molar-refractivity contribution in [3.63, 3.8) is 0 Å². The summed E-state index contributed by atoms with van der Waals surface area (Å²) in [4.78, 5) is 21.3. The first-order valence-electron chi connectivity index (χ1n) is 5.91. The Labute approximate surface area is 121 Å². The van der Waals surface area contributed by atoms with E-state index in [1.54, 1.807) is 0 Å². The number of carboxylic acids is 1. The highest BCUT2D eigenvalue weighted by Crippen LogP contribution is 2.16. The first-order valence-corrected chi connectivity index (χ1v) is 7.39. The summed E-state index contributed by atoms with van der Waals surface area (Å²) in [6, 6.07) is 1.37. The summed E-state index contributed by atoms with van der Waals surface area (Å²) < 4.78 is 39.0. The van der Waals surface area contributed by atoms with E-state index in [1.807, 2.05) is 4.72 Å². The predicted molar refractivity (Wildman–Crippen MR) is 68.7 cm³/mol. The molecule has 0 radical (unpaired) electrons. The molecule has 0 bridgehead atoms. The van der Waals surface area contributed by atoms with Crippen LogP contribution in [0.15, 0.2) is 23.1 Å². The molecule has 1 aromatic carbocycles. The molecule has 0 fully saturated rings. The predicted octanol–water partition coefficient (Wildman–Crippen LogP) is -1.20. The molecule has 1 atom stereocenters. The molecule has 0 spiro atoms. The monoisotopic (exact) mass is 317 g/mol. The van der Waals surface area contributed by atoms with Crippen LogP contribution in [0.1, 0.15) is 18.4 Å². The lowest BCUT2D eigenvalue weighted by atomic mass is 10.2. The maximum Gasteiger partial charge on any atom is 0.241 e. The summed E-state index contributed by atoms with van der Waals surface area (Å²) in [7, 11) is -4.19. The lowest BCUT2D eigenvalue weighted by molar-refractivity contribution is -0.308. The minimum absolute atomic E-state index is 0.120. The number of primary amides is 1. The van der Waals surface area contributed by atoms with Gasteiger partial charge in [-0.2, -0.15) is 0 Å². The first-order chi connectivity index (χ1) is 9.63. The zero-order chi connectivity index (χ0) is 16.2. The Balaban J connectivity index is 3.00. The lowest BCUT2D eigenvalue weighted by Crippen LogP contribution is -2.48. The Hall–Kier alpha value is -2.00. The van der Waals surface area contributed by atoms with Crippen molar-refractivity contribution in [1.82, 2.24) is 4.72 Å². The number of nitrogens with two attached hydrogens (primary N) is 1. The van der Waals surface area contributed by atoms with Crippen molar-refractivity contribution in [2.24, 2.45) is 5.73 Å². The van der Waals surface area contributed by atoms with Crippen molar-refractivity contribution in [3.8, 4) is 0 Å². The third-order valence-corrected chi connectivity index (χ3v) is 4.32. The molecule has 0 aliphatic carbocycles. The van der Waals surface area contributed by atoms with E-state index in [0.717, 1.165) is 18.2 Å². The number of carbonyl (C=O) groups excluding carboxylic acids is 2. The van der Waals surface area contributed by atoms with Gasteiger partial charge in [0.2, 0.25) is 15.9 Å². The molecule has 1 aromatic rings. The maximum atomic E-state index is 13.0. The molecule has 116 valence electrons. The van der Waals surface area contributed by atoms with Crippen LogP contribution in [0.3, 0.4) is 0 Å². The van der Waals surface area contributed by atoms with E-state index in [1.165, 1.54) is 6.92 Å². The van der Waals surface area contributed by atoms with Gasteiger partial charge < -0.3 is 15.6 Å². The highest BCUT2D eigenvalue weighted by atomic mass is 32.2. The molecule has 3 N–H and O–H groups in total. The molecule has 9 heteroatoms. The number of sulfonamides is 1. The van der Waals surface area contributed by atoms with Gasteiger partial charge >= 0.3 is 0 Å². The quantitative estimate of drug-likeness (QED) is 0.652. The lowest BCUT2D eigenvalue weighted by Gasteiger charge is -2.19. The number of nitrogens with one attached hydrogen (secondary N) is 1. The summed E-state index contributed by atoms with van der Waals surface area (Å²) >= 11 is 0. The van der Waals surface area contributed by atoms with E-state index in [-0.39, 0.29) is 23.3 Å². The molecule has 0 unspecified atom stereocenters. The van der Waals surface area contributed by atoms with Gasteiger partial charge in [-0.25, -0.2) is 17.5 Å². The van der Waals surface area contributed by atoms with Crippen molar-refractivity contribution >= 4 is 21.9 Å². The van der Waals surface area contributed by atoms with Gasteiger partial charge in [-0.3, -0.25) is 4.79 Å².